The van der Waals surface area contributed by atoms with Gasteiger partial charge in [0.1, 0.15) is 0 Å². The second kappa shape index (κ2) is 6.75. The first-order valence-corrected chi connectivity index (χ1v) is 7.18. The van der Waals surface area contributed by atoms with Gasteiger partial charge in [-0.05, 0) is 42.6 Å². The van der Waals surface area contributed by atoms with Gasteiger partial charge in [0, 0.05) is 13.2 Å². The van der Waals surface area contributed by atoms with Gasteiger partial charge < -0.3 is 10.1 Å². The van der Waals surface area contributed by atoms with Crippen LogP contribution >= 0.6 is 0 Å². The second-order valence-corrected chi connectivity index (χ2v) is 7.10. The molecule has 0 amide bonds. The van der Waals surface area contributed by atoms with Gasteiger partial charge in [0.05, 0.1) is 6.61 Å². The summed E-state index contributed by atoms with van der Waals surface area (Å²) in [5.74, 6) is 2.21. The van der Waals surface area contributed by atoms with E-state index in [0.29, 0.717) is 11.3 Å². The first-order chi connectivity index (χ1) is 7.89. The molecule has 102 valence electrons. The highest BCUT2D eigenvalue weighted by molar-refractivity contribution is 4.77. The summed E-state index contributed by atoms with van der Waals surface area (Å²) in [7, 11) is 0. The highest BCUT2D eigenvalue weighted by atomic mass is 16.5. The van der Waals surface area contributed by atoms with Crippen molar-refractivity contribution in [3.8, 4) is 0 Å². The van der Waals surface area contributed by atoms with Gasteiger partial charge in [-0.2, -0.15) is 0 Å². The van der Waals surface area contributed by atoms with Crippen molar-refractivity contribution in [2.75, 3.05) is 26.3 Å². The van der Waals surface area contributed by atoms with Crippen molar-refractivity contribution in [2.45, 2.75) is 47.5 Å². The summed E-state index contributed by atoms with van der Waals surface area (Å²) < 4.78 is 5.86. The van der Waals surface area contributed by atoms with Crippen LogP contribution in [0.25, 0.3) is 0 Å². The Labute approximate surface area is 108 Å². The van der Waals surface area contributed by atoms with Crippen molar-refractivity contribution in [1.82, 2.24) is 5.32 Å². The van der Waals surface area contributed by atoms with Gasteiger partial charge in [0.15, 0.2) is 0 Å². The zero-order valence-corrected chi connectivity index (χ0v) is 12.4. The third-order valence-electron chi connectivity index (χ3n) is 3.54. The lowest BCUT2D eigenvalue weighted by Crippen LogP contribution is -2.36. The van der Waals surface area contributed by atoms with E-state index in [1.54, 1.807) is 0 Å². The van der Waals surface area contributed by atoms with E-state index in [2.05, 4.69) is 39.9 Å². The minimum atomic E-state index is 0.327. The Morgan fingerprint density at radius 3 is 2.29 bits per heavy atom. The Bertz CT molecular complexity index is 195. The van der Waals surface area contributed by atoms with Crippen molar-refractivity contribution in [2.24, 2.45) is 23.2 Å². The van der Waals surface area contributed by atoms with Gasteiger partial charge >= 0.3 is 0 Å². The van der Waals surface area contributed by atoms with Gasteiger partial charge in [-0.1, -0.05) is 34.6 Å². The van der Waals surface area contributed by atoms with Crippen LogP contribution in [0, 0.1) is 23.2 Å². The molecule has 1 unspecified atom stereocenters. The molecule has 1 rings (SSSR count). The predicted octanol–water partition coefficient (Wildman–Crippen LogP) is 3.32. The van der Waals surface area contributed by atoms with Crippen LogP contribution in [-0.4, -0.2) is 26.3 Å². The van der Waals surface area contributed by atoms with E-state index in [9.17, 15) is 0 Å². The van der Waals surface area contributed by atoms with Crippen LogP contribution in [0.2, 0.25) is 0 Å². The summed E-state index contributed by atoms with van der Waals surface area (Å²) in [5, 5.41) is 3.57. The number of nitrogens with one attached hydrogen (secondary N) is 1. The molecule has 0 saturated heterocycles. The summed E-state index contributed by atoms with van der Waals surface area (Å²) >= 11 is 0. The maximum Gasteiger partial charge on any atom is 0.0511 e. The van der Waals surface area contributed by atoms with Gasteiger partial charge in [-0.25, -0.2) is 0 Å². The molecule has 2 nitrogen and oxygen atoms in total. The minimum absolute atomic E-state index is 0.327. The fourth-order valence-corrected chi connectivity index (χ4v) is 1.82. The van der Waals surface area contributed by atoms with Crippen molar-refractivity contribution in [3.63, 3.8) is 0 Å². The first kappa shape index (κ1) is 15.0. The Morgan fingerprint density at radius 1 is 1.18 bits per heavy atom. The van der Waals surface area contributed by atoms with E-state index in [1.807, 2.05) is 0 Å². The van der Waals surface area contributed by atoms with Crippen LogP contribution in [0.3, 0.4) is 0 Å². The van der Waals surface area contributed by atoms with E-state index in [-0.39, 0.29) is 0 Å². The Kier molecular flexibility index (Phi) is 5.94. The molecule has 1 fully saturated rings. The third kappa shape index (κ3) is 7.05. The van der Waals surface area contributed by atoms with Crippen LogP contribution in [0.4, 0.5) is 0 Å². The van der Waals surface area contributed by atoms with Gasteiger partial charge in [-0.15, -0.1) is 0 Å². The van der Waals surface area contributed by atoms with Crippen LogP contribution in [0.15, 0.2) is 0 Å². The Morgan fingerprint density at radius 2 is 1.82 bits per heavy atom. The molecule has 1 aliphatic rings. The van der Waals surface area contributed by atoms with E-state index in [0.717, 1.165) is 38.1 Å². The molecule has 0 spiro atoms. The fourth-order valence-electron chi connectivity index (χ4n) is 1.82. The van der Waals surface area contributed by atoms with Crippen molar-refractivity contribution >= 4 is 0 Å². The summed E-state index contributed by atoms with van der Waals surface area (Å²) in [6.45, 7) is 15.5. The smallest absolute Gasteiger partial charge is 0.0511 e. The average molecular weight is 241 g/mol. The minimum Gasteiger partial charge on any atom is -0.381 e. The maximum absolute atomic E-state index is 5.86. The standard InChI is InChI=1S/C15H31NO/c1-12(2)8-16-9-14(15(3,4)5)11-17-10-13-6-7-13/h12-14,16H,6-11H2,1-5H3. The third-order valence-corrected chi connectivity index (χ3v) is 3.54. The molecule has 17 heavy (non-hydrogen) atoms. The van der Waals surface area contributed by atoms with Crippen LogP contribution < -0.4 is 5.32 Å². The van der Waals surface area contributed by atoms with Gasteiger partial charge in [-0.3, -0.25) is 0 Å². The Hall–Kier alpha value is -0.0800. The topological polar surface area (TPSA) is 21.3 Å². The van der Waals surface area contributed by atoms with E-state index < -0.39 is 0 Å². The summed E-state index contributed by atoms with van der Waals surface area (Å²) in [6, 6.07) is 0. The quantitative estimate of drug-likeness (QED) is 0.704. The lowest BCUT2D eigenvalue weighted by Gasteiger charge is -2.31. The molecule has 0 radical (unpaired) electrons. The molecule has 0 aromatic rings. The summed E-state index contributed by atoms with van der Waals surface area (Å²) in [4.78, 5) is 0. The van der Waals surface area contributed by atoms with Crippen molar-refractivity contribution in [3.05, 3.63) is 0 Å². The molecule has 0 heterocycles. The molecule has 0 bridgehead atoms. The largest absolute Gasteiger partial charge is 0.381 e. The maximum atomic E-state index is 5.86. The zero-order chi connectivity index (χ0) is 12.9. The number of rotatable bonds is 8. The van der Waals surface area contributed by atoms with Crippen molar-refractivity contribution in [1.29, 1.82) is 0 Å². The SMILES string of the molecule is CC(C)CNCC(COCC1CC1)C(C)(C)C. The molecule has 1 N–H and O–H groups in total. The monoisotopic (exact) mass is 241 g/mol. The van der Waals surface area contributed by atoms with E-state index in [4.69, 9.17) is 4.74 Å². The number of ether oxygens (including phenoxy) is 1. The molecule has 1 saturated carbocycles. The zero-order valence-electron chi connectivity index (χ0n) is 12.4. The lowest BCUT2D eigenvalue weighted by molar-refractivity contribution is 0.0495. The highest BCUT2D eigenvalue weighted by Crippen LogP contribution is 2.30. The predicted molar refractivity (Wildman–Crippen MR) is 74.2 cm³/mol. The highest BCUT2D eigenvalue weighted by Gasteiger charge is 2.26. The van der Waals surface area contributed by atoms with Gasteiger partial charge in [0.25, 0.3) is 0 Å². The van der Waals surface area contributed by atoms with E-state index >= 15 is 0 Å². The van der Waals surface area contributed by atoms with Crippen LogP contribution in [-0.2, 0) is 4.74 Å². The van der Waals surface area contributed by atoms with Gasteiger partial charge in [0.2, 0.25) is 0 Å². The van der Waals surface area contributed by atoms with Crippen LogP contribution in [0.1, 0.15) is 47.5 Å². The number of hydrogen-bond acceptors (Lipinski definition) is 2. The lowest BCUT2D eigenvalue weighted by atomic mass is 9.81. The molecule has 1 aliphatic carbocycles. The molecule has 2 heteroatoms. The molecule has 0 aliphatic heterocycles. The molecular weight excluding hydrogens is 210 g/mol. The molecule has 0 aromatic carbocycles. The Balaban J connectivity index is 2.21. The fraction of sp³-hybridized carbons (Fsp3) is 1.00. The first-order valence-electron chi connectivity index (χ1n) is 7.18. The molecule has 0 aromatic heterocycles. The summed E-state index contributed by atoms with van der Waals surface area (Å²) in [5.41, 5.74) is 0.327. The molecule has 1 atom stereocenters. The van der Waals surface area contributed by atoms with Crippen molar-refractivity contribution < 1.29 is 4.74 Å². The van der Waals surface area contributed by atoms with E-state index in [1.165, 1.54) is 12.8 Å². The van der Waals surface area contributed by atoms with Crippen LogP contribution in [0.5, 0.6) is 0 Å². The summed E-state index contributed by atoms with van der Waals surface area (Å²) in [6.07, 6.45) is 2.76. The average Bonchev–Trinajstić information content (AvgIpc) is 2.97. The number of hydrogen-bond donors (Lipinski definition) is 1. The molecular formula is C15H31NO. The second-order valence-electron chi connectivity index (χ2n) is 7.10. The normalized spacial score (nSPS) is 18.7.